The Bertz CT molecular complexity index is 126. The van der Waals surface area contributed by atoms with E-state index in [9.17, 15) is 9.59 Å². The van der Waals surface area contributed by atoms with Crippen LogP contribution in [0.4, 0.5) is 4.79 Å². The van der Waals surface area contributed by atoms with Gasteiger partial charge >= 0.3 is 6.03 Å². The van der Waals surface area contributed by atoms with Crippen LogP contribution in [0.1, 0.15) is 6.92 Å². The molecule has 0 radical (unpaired) electrons. The summed E-state index contributed by atoms with van der Waals surface area (Å²) < 4.78 is 0. The van der Waals surface area contributed by atoms with Gasteiger partial charge in [-0.05, 0) is 11.6 Å². The lowest BCUT2D eigenvalue weighted by Gasteiger charge is -1.80. The number of nitrogens with one attached hydrogen (secondary N) is 2. The normalized spacial score (nSPS) is 14.4. The van der Waals surface area contributed by atoms with Crippen molar-refractivity contribution < 1.29 is 9.59 Å². The Morgan fingerprint density at radius 2 is 1.80 bits per heavy atom. The van der Waals surface area contributed by atoms with E-state index in [4.69, 9.17) is 0 Å². The van der Waals surface area contributed by atoms with Crippen LogP contribution in [-0.2, 0) is 4.79 Å². The van der Waals surface area contributed by atoms with Crippen LogP contribution >= 0.6 is 11.6 Å². The summed E-state index contributed by atoms with van der Waals surface area (Å²) in [4.78, 5) is 19.2. The van der Waals surface area contributed by atoms with Crippen molar-refractivity contribution in [3.8, 4) is 0 Å². The van der Waals surface area contributed by atoms with Crippen LogP contribution in [-0.4, -0.2) is 24.4 Å². The van der Waals surface area contributed by atoms with Gasteiger partial charge < -0.3 is 10.6 Å². The van der Waals surface area contributed by atoms with Gasteiger partial charge in [0, 0.05) is 20.0 Å². The van der Waals surface area contributed by atoms with Crippen LogP contribution in [0.5, 0.6) is 0 Å². The van der Waals surface area contributed by atoms with Crippen molar-refractivity contribution in [3.05, 3.63) is 0 Å². The molecule has 0 atom stereocenters. The molecule has 0 aromatic rings. The third-order valence-corrected chi connectivity index (χ3v) is 0.696. The highest BCUT2D eigenvalue weighted by molar-refractivity contribution is 6.62. The molecule has 2 N–H and O–H groups in total. The molecule has 2 amide bonds. The molecule has 0 aromatic carbocycles. The first-order valence-electron chi connectivity index (χ1n) is 2.80. The van der Waals surface area contributed by atoms with Gasteiger partial charge in [0.05, 0.1) is 0 Å². The Balaban J connectivity index is 0.000000180. The van der Waals surface area contributed by atoms with E-state index in [0.29, 0.717) is 0 Å². The second kappa shape index (κ2) is 5.05. The zero-order chi connectivity index (χ0) is 7.98. The van der Waals surface area contributed by atoms with E-state index in [1.54, 1.807) is 0 Å². The molecule has 5 heteroatoms. The van der Waals surface area contributed by atoms with Crippen molar-refractivity contribution in [3.63, 3.8) is 0 Å². The van der Waals surface area contributed by atoms with Crippen molar-refractivity contribution in [2.45, 2.75) is 6.92 Å². The van der Waals surface area contributed by atoms with Crippen LogP contribution in [0.15, 0.2) is 0 Å². The van der Waals surface area contributed by atoms with Gasteiger partial charge in [0.1, 0.15) is 0 Å². The number of hydrogen-bond acceptors (Lipinski definition) is 2. The summed E-state index contributed by atoms with van der Waals surface area (Å²) >= 11 is 4.64. The highest BCUT2D eigenvalue weighted by Gasteiger charge is 2.02. The summed E-state index contributed by atoms with van der Waals surface area (Å²) in [7, 11) is 0. The molecule has 1 rings (SSSR count). The van der Waals surface area contributed by atoms with Gasteiger partial charge in [0.25, 0.3) is 0 Å². The zero-order valence-corrected chi connectivity index (χ0v) is 6.36. The highest BCUT2D eigenvalue weighted by atomic mass is 35.5. The summed E-state index contributed by atoms with van der Waals surface area (Å²) in [5.74, 6) is 0. The summed E-state index contributed by atoms with van der Waals surface area (Å²) in [6.45, 7) is 2.85. The van der Waals surface area contributed by atoms with Crippen molar-refractivity contribution in [1.82, 2.24) is 10.6 Å². The molecule has 1 aliphatic rings. The number of rotatable bonds is 0. The molecule has 1 heterocycles. The Kier molecular flexibility index (Phi) is 4.66. The van der Waals surface area contributed by atoms with E-state index >= 15 is 0 Å². The van der Waals surface area contributed by atoms with Gasteiger partial charge in [-0.3, -0.25) is 4.79 Å². The molecule has 58 valence electrons. The van der Waals surface area contributed by atoms with Crippen LogP contribution in [0.2, 0.25) is 0 Å². The monoisotopic (exact) mass is 164 g/mol. The van der Waals surface area contributed by atoms with E-state index in [2.05, 4.69) is 22.2 Å². The molecule has 10 heavy (non-hydrogen) atoms. The first-order chi connectivity index (χ1) is 4.63. The fraction of sp³-hybridized carbons (Fsp3) is 0.600. The maximum absolute atomic E-state index is 10.0. The Labute approximate surface area is 63.9 Å². The molecular weight excluding hydrogens is 156 g/mol. The fourth-order valence-electron chi connectivity index (χ4n) is 0.415. The third-order valence-electron chi connectivity index (χ3n) is 0.696. The van der Waals surface area contributed by atoms with Gasteiger partial charge in [-0.15, -0.1) is 0 Å². The minimum atomic E-state index is -0.361. The summed E-state index contributed by atoms with van der Waals surface area (Å²) in [5, 5.41) is 4.78. The lowest BCUT2D eigenvalue weighted by atomic mass is 10.7. The minimum Gasteiger partial charge on any atom is -0.336 e. The molecule has 0 aromatic heterocycles. The zero-order valence-electron chi connectivity index (χ0n) is 5.61. The lowest BCUT2D eigenvalue weighted by Crippen LogP contribution is -2.20. The van der Waals surface area contributed by atoms with E-state index in [1.807, 2.05) is 0 Å². The van der Waals surface area contributed by atoms with Crippen molar-refractivity contribution in [1.29, 1.82) is 0 Å². The quantitative estimate of drug-likeness (QED) is 0.498. The molecule has 4 nitrogen and oxygen atoms in total. The number of carbonyl (C=O) groups excluding carboxylic acids is 2. The van der Waals surface area contributed by atoms with Crippen LogP contribution in [0, 0.1) is 0 Å². The predicted molar refractivity (Wildman–Crippen MR) is 37.9 cm³/mol. The second-order valence-corrected chi connectivity index (χ2v) is 2.19. The first kappa shape index (κ1) is 9.23. The maximum Gasteiger partial charge on any atom is 0.314 e. The summed E-state index contributed by atoms with van der Waals surface area (Å²) in [6.07, 6.45) is 0. The van der Waals surface area contributed by atoms with E-state index < -0.39 is 0 Å². The van der Waals surface area contributed by atoms with E-state index in [1.165, 1.54) is 6.92 Å². The van der Waals surface area contributed by atoms with E-state index in [0.717, 1.165) is 13.1 Å². The largest absolute Gasteiger partial charge is 0.336 e. The van der Waals surface area contributed by atoms with Gasteiger partial charge in [-0.25, -0.2) is 4.79 Å². The van der Waals surface area contributed by atoms with Crippen LogP contribution < -0.4 is 10.6 Å². The minimum absolute atomic E-state index is 0.0463. The number of hydrogen-bond donors (Lipinski definition) is 2. The molecule has 1 fully saturated rings. The third kappa shape index (κ3) is 7.23. The molecule has 1 aliphatic heterocycles. The summed E-state index contributed by atoms with van der Waals surface area (Å²) in [6, 6.07) is -0.0463. The highest BCUT2D eigenvalue weighted by Crippen LogP contribution is 1.70. The van der Waals surface area contributed by atoms with Gasteiger partial charge in [0.2, 0.25) is 5.24 Å². The number of carbonyl (C=O) groups is 2. The number of urea groups is 1. The number of halogens is 1. The van der Waals surface area contributed by atoms with Crippen molar-refractivity contribution in [2.75, 3.05) is 13.1 Å². The number of amides is 2. The Morgan fingerprint density at radius 3 is 1.90 bits per heavy atom. The predicted octanol–water partition coefficient (Wildman–Crippen LogP) is 0.0709. The van der Waals surface area contributed by atoms with Crippen molar-refractivity contribution >= 4 is 22.9 Å². The van der Waals surface area contributed by atoms with Gasteiger partial charge in [-0.1, -0.05) is 0 Å². The average molecular weight is 165 g/mol. The molecule has 1 saturated heterocycles. The van der Waals surface area contributed by atoms with Crippen molar-refractivity contribution in [2.24, 2.45) is 0 Å². The Morgan fingerprint density at radius 1 is 1.50 bits per heavy atom. The second-order valence-electron chi connectivity index (χ2n) is 1.65. The SMILES string of the molecule is CC(=O)Cl.O=C1NCCN1. The maximum atomic E-state index is 10.0. The average Bonchev–Trinajstić information content (AvgIpc) is 2.15. The smallest absolute Gasteiger partial charge is 0.314 e. The standard InChI is InChI=1S/C3H6N2O.C2H3ClO/c6-3-4-1-2-5-3;1-2(3)4/h1-2H2,(H2,4,5,6);1H3. The fourth-order valence-corrected chi connectivity index (χ4v) is 0.415. The van der Waals surface area contributed by atoms with Crippen LogP contribution in [0.3, 0.4) is 0 Å². The molecule has 0 unspecified atom stereocenters. The molecule has 0 saturated carbocycles. The van der Waals surface area contributed by atoms with Gasteiger partial charge in [0.15, 0.2) is 0 Å². The van der Waals surface area contributed by atoms with Crippen LogP contribution in [0.25, 0.3) is 0 Å². The van der Waals surface area contributed by atoms with E-state index in [-0.39, 0.29) is 11.3 Å². The summed E-state index contributed by atoms with van der Waals surface area (Å²) in [5.41, 5.74) is 0. The molecule has 0 spiro atoms. The topological polar surface area (TPSA) is 58.2 Å². The first-order valence-corrected chi connectivity index (χ1v) is 3.18. The molecular formula is C5H9ClN2O2. The lowest BCUT2D eigenvalue weighted by molar-refractivity contribution is -0.109. The molecule has 0 bridgehead atoms. The van der Waals surface area contributed by atoms with Gasteiger partial charge in [-0.2, -0.15) is 0 Å². The Hall–Kier alpha value is -0.770. The molecule has 0 aliphatic carbocycles.